The molecule has 2 rings (SSSR count). The first kappa shape index (κ1) is 10.9. The molecule has 0 saturated carbocycles. The number of carbonyl (C=O) groups excluding carboxylic acids is 1. The van der Waals surface area contributed by atoms with Crippen molar-refractivity contribution in [2.24, 2.45) is 0 Å². The first-order chi connectivity index (χ1) is 8.16. The Morgan fingerprint density at radius 3 is 2.47 bits per heavy atom. The van der Waals surface area contributed by atoms with E-state index in [-0.39, 0.29) is 11.6 Å². The zero-order chi connectivity index (χ0) is 12.3. The number of nitrogens with one attached hydrogen (secondary N) is 2. The van der Waals surface area contributed by atoms with Crippen LogP contribution in [0.5, 0.6) is 0 Å². The minimum Gasteiger partial charge on any atom is -0.357 e. The highest BCUT2D eigenvalue weighted by Gasteiger charge is 2.08. The van der Waals surface area contributed by atoms with Gasteiger partial charge in [0.15, 0.2) is 0 Å². The summed E-state index contributed by atoms with van der Waals surface area (Å²) >= 11 is 0. The largest absolute Gasteiger partial charge is 0.357 e. The molecule has 0 unspecified atom stereocenters. The number of nitro benzene ring substituents is 1. The number of amides is 1. The SMILES string of the molecule is O=C(Nc1ccc([N+](=O)[O-])cc1)c1ccc[nH]1. The lowest BCUT2D eigenvalue weighted by Crippen LogP contribution is -2.11. The van der Waals surface area contributed by atoms with Crippen LogP contribution in [-0.2, 0) is 0 Å². The van der Waals surface area contributed by atoms with E-state index in [0.717, 1.165) is 0 Å². The number of hydrogen-bond donors (Lipinski definition) is 2. The van der Waals surface area contributed by atoms with E-state index in [0.29, 0.717) is 11.4 Å². The van der Waals surface area contributed by atoms with Crippen LogP contribution in [0.1, 0.15) is 10.5 Å². The average Bonchev–Trinajstić information content (AvgIpc) is 2.83. The van der Waals surface area contributed by atoms with Gasteiger partial charge in [0.05, 0.1) is 4.92 Å². The molecule has 6 nitrogen and oxygen atoms in total. The summed E-state index contributed by atoms with van der Waals surface area (Å²) in [7, 11) is 0. The molecule has 1 aromatic heterocycles. The van der Waals surface area contributed by atoms with E-state index >= 15 is 0 Å². The van der Waals surface area contributed by atoms with Crippen LogP contribution < -0.4 is 5.32 Å². The predicted molar refractivity (Wildman–Crippen MR) is 61.8 cm³/mol. The van der Waals surface area contributed by atoms with Crippen molar-refractivity contribution >= 4 is 17.3 Å². The van der Waals surface area contributed by atoms with Crippen molar-refractivity contribution in [1.82, 2.24) is 4.98 Å². The van der Waals surface area contributed by atoms with Gasteiger partial charge in [-0.2, -0.15) is 0 Å². The van der Waals surface area contributed by atoms with Crippen molar-refractivity contribution in [3.63, 3.8) is 0 Å². The fraction of sp³-hybridized carbons (Fsp3) is 0. The molecule has 0 saturated heterocycles. The molecule has 1 aromatic carbocycles. The summed E-state index contributed by atoms with van der Waals surface area (Å²) < 4.78 is 0. The molecule has 1 heterocycles. The van der Waals surface area contributed by atoms with Gasteiger partial charge in [0.25, 0.3) is 11.6 Å². The maximum Gasteiger partial charge on any atom is 0.272 e. The minimum atomic E-state index is -0.490. The Kier molecular flexibility index (Phi) is 2.87. The molecule has 0 aliphatic heterocycles. The maximum absolute atomic E-state index is 11.6. The highest BCUT2D eigenvalue weighted by atomic mass is 16.6. The molecular formula is C11H9N3O3. The quantitative estimate of drug-likeness (QED) is 0.626. The summed E-state index contributed by atoms with van der Waals surface area (Å²) in [5, 5.41) is 13.1. The fourth-order valence-electron chi connectivity index (χ4n) is 1.34. The van der Waals surface area contributed by atoms with Crippen molar-refractivity contribution in [3.8, 4) is 0 Å². The second-order valence-corrected chi connectivity index (χ2v) is 3.34. The Balaban J connectivity index is 2.09. The molecule has 0 radical (unpaired) electrons. The fourth-order valence-corrected chi connectivity index (χ4v) is 1.34. The number of nitrogens with zero attached hydrogens (tertiary/aromatic N) is 1. The number of non-ortho nitro benzene ring substituents is 1. The Hall–Kier alpha value is -2.63. The highest BCUT2D eigenvalue weighted by molar-refractivity contribution is 6.02. The van der Waals surface area contributed by atoms with Crippen LogP contribution in [0.4, 0.5) is 11.4 Å². The van der Waals surface area contributed by atoms with Crippen LogP contribution in [0.2, 0.25) is 0 Å². The van der Waals surface area contributed by atoms with Gasteiger partial charge in [0, 0.05) is 24.0 Å². The highest BCUT2D eigenvalue weighted by Crippen LogP contribution is 2.15. The Morgan fingerprint density at radius 1 is 1.24 bits per heavy atom. The van der Waals surface area contributed by atoms with Crippen molar-refractivity contribution < 1.29 is 9.72 Å². The molecule has 0 spiro atoms. The van der Waals surface area contributed by atoms with Gasteiger partial charge in [-0.25, -0.2) is 0 Å². The van der Waals surface area contributed by atoms with Gasteiger partial charge in [-0.05, 0) is 24.3 Å². The molecule has 6 heteroatoms. The molecule has 2 aromatic rings. The molecule has 86 valence electrons. The lowest BCUT2D eigenvalue weighted by Gasteiger charge is -2.02. The normalized spacial score (nSPS) is 9.88. The number of aromatic amines is 1. The summed E-state index contributed by atoms with van der Waals surface area (Å²) in [6, 6.07) is 9.00. The number of rotatable bonds is 3. The van der Waals surface area contributed by atoms with Crippen molar-refractivity contribution in [1.29, 1.82) is 0 Å². The van der Waals surface area contributed by atoms with Gasteiger partial charge in [-0.15, -0.1) is 0 Å². The molecule has 0 fully saturated rings. The molecular weight excluding hydrogens is 222 g/mol. The van der Waals surface area contributed by atoms with Crippen LogP contribution >= 0.6 is 0 Å². The molecule has 1 amide bonds. The van der Waals surface area contributed by atoms with E-state index in [9.17, 15) is 14.9 Å². The molecule has 2 N–H and O–H groups in total. The first-order valence-corrected chi connectivity index (χ1v) is 4.86. The summed E-state index contributed by atoms with van der Waals surface area (Å²) in [4.78, 5) is 24.3. The van der Waals surface area contributed by atoms with Crippen LogP contribution in [0.25, 0.3) is 0 Å². The average molecular weight is 231 g/mol. The lowest BCUT2D eigenvalue weighted by atomic mass is 10.3. The number of benzene rings is 1. The van der Waals surface area contributed by atoms with E-state index in [1.807, 2.05) is 0 Å². The number of carbonyl (C=O) groups is 1. The monoisotopic (exact) mass is 231 g/mol. The van der Waals surface area contributed by atoms with E-state index in [1.165, 1.54) is 24.3 Å². The Morgan fingerprint density at radius 2 is 1.94 bits per heavy atom. The first-order valence-electron chi connectivity index (χ1n) is 4.86. The molecule has 0 atom stereocenters. The molecule has 17 heavy (non-hydrogen) atoms. The number of H-pyrrole nitrogens is 1. The van der Waals surface area contributed by atoms with E-state index in [2.05, 4.69) is 10.3 Å². The summed E-state index contributed by atoms with van der Waals surface area (Å²) in [6.45, 7) is 0. The third kappa shape index (κ3) is 2.49. The van der Waals surface area contributed by atoms with Crippen molar-refractivity contribution in [2.45, 2.75) is 0 Å². The van der Waals surface area contributed by atoms with Gasteiger partial charge in [-0.3, -0.25) is 14.9 Å². The van der Waals surface area contributed by atoms with Gasteiger partial charge in [0.1, 0.15) is 5.69 Å². The van der Waals surface area contributed by atoms with Crippen molar-refractivity contribution in [3.05, 3.63) is 58.4 Å². The Bertz CT molecular complexity index is 532. The maximum atomic E-state index is 11.6. The lowest BCUT2D eigenvalue weighted by molar-refractivity contribution is -0.384. The topological polar surface area (TPSA) is 88.0 Å². The van der Waals surface area contributed by atoms with Crippen LogP contribution in [0.15, 0.2) is 42.6 Å². The predicted octanol–water partition coefficient (Wildman–Crippen LogP) is 2.18. The third-order valence-corrected chi connectivity index (χ3v) is 2.18. The van der Waals surface area contributed by atoms with Gasteiger partial charge in [0.2, 0.25) is 0 Å². The minimum absolute atomic E-state index is 0.0112. The zero-order valence-corrected chi connectivity index (χ0v) is 8.71. The van der Waals surface area contributed by atoms with E-state index < -0.39 is 4.92 Å². The Labute approximate surface area is 96.4 Å². The molecule has 0 aliphatic carbocycles. The standard InChI is InChI=1S/C11H9N3O3/c15-11(10-2-1-7-12-10)13-8-3-5-9(6-4-8)14(16)17/h1-7,12H,(H,13,15). The van der Waals surface area contributed by atoms with E-state index in [4.69, 9.17) is 0 Å². The summed E-state index contributed by atoms with van der Waals surface area (Å²) in [5.41, 5.74) is 0.932. The third-order valence-electron chi connectivity index (χ3n) is 2.18. The van der Waals surface area contributed by atoms with E-state index in [1.54, 1.807) is 18.3 Å². The number of anilines is 1. The van der Waals surface area contributed by atoms with Crippen molar-refractivity contribution in [2.75, 3.05) is 5.32 Å². The van der Waals surface area contributed by atoms with Gasteiger partial charge < -0.3 is 10.3 Å². The molecule has 0 bridgehead atoms. The zero-order valence-electron chi connectivity index (χ0n) is 8.71. The number of aromatic nitrogens is 1. The van der Waals surface area contributed by atoms with Gasteiger partial charge >= 0.3 is 0 Å². The second-order valence-electron chi connectivity index (χ2n) is 3.34. The number of nitro groups is 1. The summed E-state index contributed by atoms with van der Waals surface area (Å²) in [5.74, 6) is -0.288. The van der Waals surface area contributed by atoms with Crippen LogP contribution in [0.3, 0.4) is 0 Å². The smallest absolute Gasteiger partial charge is 0.272 e. The number of hydrogen-bond acceptors (Lipinski definition) is 3. The second kappa shape index (κ2) is 4.48. The molecule has 0 aliphatic rings. The van der Waals surface area contributed by atoms with Crippen LogP contribution in [-0.4, -0.2) is 15.8 Å². The summed E-state index contributed by atoms with van der Waals surface area (Å²) in [6.07, 6.45) is 1.64. The van der Waals surface area contributed by atoms with Gasteiger partial charge in [-0.1, -0.05) is 0 Å². The van der Waals surface area contributed by atoms with Crippen LogP contribution in [0, 0.1) is 10.1 Å².